The Bertz CT molecular complexity index is 248. The Morgan fingerprint density at radius 1 is 1.11 bits per heavy atom. The molecule has 0 atom stereocenters. The molecule has 2 nitrogen and oxygen atoms in total. The molecule has 106 valence electrons. The van der Waals surface area contributed by atoms with Gasteiger partial charge in [0.1, 0.15) is 0 Å². The number of ether oxygens (including phenoxy) is 1. The quantitative estimate of drug-likeness (QED) is 0.725. The minimum absolute atomic E-state index is 0.244. The molecule has 2 aliphatic rings. The van der Waals surface area contributed by atoms with E-state index in [-0.39, 0.29) is 5.60 Å². The van der Waals surface area contributed by atoms with Gasteiger partial charge in [-0.2, -0.15) is 0 Å². The lowest BCUT2D eigenvalue weighted by Crippen LogP contribution is -2.46. The highest BCUT2D eigenvalue weighted by molar-refractivity contribution is 4.92. The first-order valence-electron chi connectivity index (χ1n) is 7.94. The van der Waals surface area contributed by atoms with E-state index in [2.05, 4.69) is 26.1 Å². The average molecular weight is 253 g/mol. The summed E-state index contributed by atoms with van der Waals surface area (Å²) in [6, 6.07) is 0. The molecule has 0 saturated heterocycles. The van der Waals surface area contributed by atoms with E-state index in [0.29, 0.717) is 11.5 Å². The van der Waals surface area contributed by atoms with Crippen LogP contribution in [0.4, 0.5) is 0 Å². The van der Waals surface area contributed by atoms with Gasteiger partial charge in [-0.3, -0.25) is 0 Å². The molecular formula is C16H31NO. The van der Waals surface area contributed by atoms with Crippen LogP contribution in [0, 0.1) is 5.41 Å². The SMILES string of the molecule is CCNCCC1(OC2CCC(C)(C)CC2)CCC1. The van der Waals surface area contributed by atoms with E-state index < -0.39 is 0 Å². The van der Waals surface area contributed by atoms with Crippen molar-refractivity contribution in [3.05, 3.63) is 0 Å². The van der Waals surface area contributed by atoms with E-state index in [1.807, 2.05) is 0 Å². The van der Waals surface area contributed by atoms with Crippen LogP contribution in [0.3, 0.4) is 0 Å². The maximum atomic E-state index is 6.51. The average Bonchev–Trinajstić information content (AvgIpc) is 2.28. The van der Waals surface area contributed by atoms with Crippen LogP contribution in [0.15, 0.2) is 0 Å². The lowest BCUT2D eigenvalue weighted by Gasteiger charge is -2.46. The molecule has 2 heteroatoms. The zero-order valence-electron chi connectivity index (χ0n) is 12.6. The Hall–Kier alpha value is -0.0800. The van der Waals surface area contributed by atoms with Gasteiger partial charge in [-0.25, -0.2) is 0 Å². The fourth-order valence-electron chi connectivity index (χ4n) is 3.34. The number of hydrogen-bond acceptors (Lipinski definition) is 2. The third-order valence-corrected chi connectivity index (χ3v) is 4.98. The van der Waals surface area contributed by atoms with E-state index in [1.54, 1.807) is 0 Å². The van der Waals surface area contributed by atoms with E-state index in [1.165, 1.54) is 51.4 Å². The standard InChI is InChI=1S/C16H31NO/c1-4-17-13-12-16(8-5-9-16)18-14-6-10-15(2,3)11-7-14/h14,17H,4-13H2,1-3H3. The van der Waals surface area contributed by atoms with Crippen molar-refractivity contribution < 1.29 is 4.74 Å². The smallest absolute Gasteiger partial charge is 0.0698 e. The summed E-state index contributed by atoms with van der Waals surface area (Å²) in [5.74, 6) is 0. The van der Waals surface area contributed by atoms with Crippen LogP contribution < -0.4 is 5.32 Å². The third-order valence-electron chi connectivity index (χ3n) is 4.98. The van der Waals surface area contributed by atoms with Crippen molar-refractivity contribution in [2.24, 2.45) is 5.41 Å². The van der Waals surface area contributed by atoms with Crippen LogP contribution in [0.5, 0.6) is 0 Å². The molecule has 0 amide bonds. The molecule has 2 saturated carbocycles. The number of rotatable bonds is 6. The predicted octanol–water partition coefficient (Wildman–Crippen LogP) is 3.89. The van der Waals surface area contributed by atoms with Crippen LogP contribution in [-0.2, 0) is 4.74 Å². The van der Waals surface area contributed by atoms with Crippen molar-refractivity contribution in [1.29, 1.82) is 0 Å². The summed E-state index contributed by atoms with van der Waals surface area (Å²) in [6.07, 6.45) is 10.9. The summed E-state index contributed by atoms with van der Waals surface area (Å²) in [7, 11) is 0. The Labute approximate surface area is 113 Å². The van der Waals surface area contributed by atoms with Gasteiger partial charge in [-0.05, 0) is 69.9 Å². The topological polar surface area (TPSA) is 21.3 Å². The zero-order chi connectivity index (χ0) is 13.1. The van der Waals surface area contributed by atoms with Gasteiger partial charge < -0.3 is 10.1 Å². The molecule has 0 spiro atoms. The molecule has 0 aromatic carbocycles. The largest absolute Gasteiger partial charge is 0.372 e. The maximum absolute atomic E-state index is 6.51. The molecule has 2 rings (SSSR count). The van der Waals surface area contributed by atoms with Crippen LogP contribution in [0.2, 0.25) is 0 Å². The molecule has 0 unspecified atom stereocenters. The van der Waals surface area contributed by atoms with Crippen LogP contribution in [-0.4, -0.2) is 24.8 Å². The number of hydrogen-bond donors (Lipinski definition) is 1. The van der Waals surface area contributed by atoms with E-state index >= 15 is 0 Å². The highest BCUT2D eigenvalue weighted by atomic mass is 16.5. The highest BCUT2D eigenvalue weighted by Gasteiger charge is 2.40. The van der Waals surface area contributed by atoms with Gasteiger partial charge in [0.25, 0.3) is 0 Å². The molecule has 0 aromatic heterocycles. The van der Waals surface area contributed by atoms with Gasteiger partial charge >= 0.3 is 0 Å². The van der Waals surface area contributed by atoms with Gasteiger partial charge in [0.05, 0.1) is 11.7 Å². The molecule has 0 aliphatic heterocycles. The van der Waals surface area contributed by atoms with Crippen molar-refractivity contribution in [1.82, 2.24) is 5.32 Å². The fraction of sp³-hybridized carbons (Fsp3) is 1.00. The first-order valence-corrected chi connectivity index (χ1v) is 7.94. The van der Waals surface area contributed by atoms with Crippen molar-refractivity contribution in [3.8, 4) is 0 Å². The highest BCUT2D eigenvalue weighted by Crippen LogP contribution is 2.43. The summed E-state index contributed by atoms with van der Waals surface area (Å²) in [5, 5.41) is 3.44. The molecule has 0 bridgehead atoms. The summed E-state index contributed by atoms with van der Waals surface area (Å²) < 4.78 is 6.51. The van der Waals surface area contributed by atoms with Crippen LogP contribution >= 0.6 is 0 Å². The van der Waals surface area contributed by atoms with E-state index in [4.69, 9.17) is 4.74 Å². The zero-order valence-corrected chi connectivity index (χ0v) is 12.6. The molecule has 0 radical (unpaired) electrons. The number of nitrogens with one attached hydrogen (secondary N) is 1. The Kier molecular flexibility index (Phi) is 4.71. The second-order valence-electron chi connectivity index (χ2n) is 7.12. The van der Waals surface area contributed by atoms with Crippen LogP contribution in [0.1, 0.15) is 72.1 Å². The van der Waals surface area contributed by atoms with Gasteiger partial charge in [-0.15, -0.1) is 0 Å². The van der Waals surface area contributed by atoms with Gasteiger partial charge in [0, 0.05) is 0 Å². The van der Waals surface area contributed by atoms with E-state index in [9.17, 15) is 0 Å². The lowest BCUT2D eigenvalue weighted by atomic mass is 9.74. The Balaban J connectivity index is 1.76. The monoisotopic (exact) mass is 253 g/mol. The molecule has 18 heavy (non-hydrogen) atoms. The van der Waals surface area contributed by atoms with Gasteiger partial charge in [-0.1, -0.05) is 20.8 Å². The van der Waals surface area contributed by atoms with Crippen molar-refractivity contribution in [2.45, 2.75) is 83.8 Å². The summed E-state index contributed by atoms with van der Waals surface area (Å²) in [4.78, 5) is 0. The first-order chi connectivity index (χ1) is 8.55. The molecule has 0 aromatic rings. The van der Waals surface area contributed by atoms with Crippen molar-refractivity contribution in [3.63, 3.8) is 0 Å². The minimum atomic E-state index is 0.244. The summed E-state index contributed by atoms with van der Waals surface area (Å²) >= 11 is 0. The lowest BCUT2D eigenvalue weighted by molar-refractivity contribution is -0.156. The molecule has 2 aliphatic carbocycles. The minimum Gasteiger partial charge on any atom is -0.372 e. The maximum Gasteiger partial charge on any atom is 0.0698 e. The second kappa shape index (κ2) is 5.92. The summed E-state index contributed by atoms with van der Waals surface area (Å²) in [6.45, 7) is 9.17. The van der Waals surface area contributed by atoms with E-state index in [0.717, 1.165) is 13.1 Å². The predicted molar refractivity (Wildman–Crippen MR) is 76.9 cm³/mol. The second-order valence-corrected chi connectivity index (χ2v) is 7.12. The Morgan fingerprint density at radius 3 is 2.28 bits per heavy atom. The fourth-order valence-corrected chi connectivity index (χ4v) is 3.34. The normalized spacial score (nSPS) is 26.8. The molecule has 0 heterocycles. The van der Waals surface area contributed by atoms with Crippen molar-refractivity contribution in [2.75, 3.05) is 13.1 Å². The van der Waals surface area contributed by atoms with Gasteiger partial charge in [0.2, 0.25) is 0 Å². The third kappa shape index (κ3) is 3.71. The molecular weight excluding hydrogens is 222 g/mol. The Morgan fingerprint density at radius 2 is 1.78 bits per heavy atom. The summed E-state index contributed by atoms with van der Waals surface area (Å²) in [5.41, 5.74) is 0.796. The van der Waals surface area contributed by atoms with Crippen LogP contribution in [0.25, 0.3) is 0 Å². The molecule has 1 N–H and O–H groups in total. The molecule has 2 fully saturated rings. The van der Waals surface area contributed by atoms with Crippen molar-refractivity contribution >= 4 is 0 Å². The first kappa shape index (κ1) is 14.3. The van der Waals surface area contributed by atoms with Gasteiger partial charge in [0.15, 0.2) is 0 Å².